The Bertz CT molecular complexity index is 2530. The molecule has 8 fully saturated rings. The Kier molecular flexibility index (Phi) is 19.7. The molecule has 28 heteroatoms. The third kappa shape index (κ3) is 11.1. The quantitative estimate of drug-likeness (QED) is 0.0187. The Morgan fingerprint density at radius 1 is 0.768 bits per heavy atom. The number of methoxy groups -OCH3 is 1. The smallest absolute Gasteiger partial charge is 0.726 e. The molecule has 4 aliphatic carbocycles. The fourth-order valence-electron chi connectivity index (χ4n) is 15.6. The maximum absolute atomic E-state index is 14.7. The molecule has 26 nitrogen and oxygen atoms in total. The second kappa shape index (κ2) is 24.4. The van der Waals surface area contributed by atoms with Crippen molar-refractivity contribution in [1.29, 1.82) is 0 Å². The summed E-state index contributed by atoms with van der Waals surface area (Å²) in [5.41, 5.74) is -5.08. The summed E-state index contributed by atoms with van der Waals surface area (Å²) in [4.78, 5) is 27.4. The number of rotatable bonds is 15. The van der Waals surface area contributed by atoms with Crippen LogP contribution in [0.5, 0.6) is 0 Å². The molecule has 82 heavy (non-hydrogen) atoms. The molecular formula is C54H81NaO26S. The third-order valence-corrected chi connectivity index (χ3v) is 20.2. The molecule has 26 atom stereocenters. The van der Waals surface area contributed by atoms with Gasteiger partial charge in [0.05, 0.1) is 32.5 Å². The normalized spacial score (nSPS) is 49.0. The molecule has 1 spiro atoms. The van der Waals surface area contributed by atoms with Crippen LogP contribution in [0.2, 0.25) is 0 Å². The van der Waals surface area contributed by atoms with Gasteiger partial charge in [-0.1, -0.05) is 57.1 Å². The Labute approximate surface area is 498 Å². The molecular weight excluding hydrogens is 1120 g/mol. The Balaban J connectivity index is 0.00000880. The molecule has 0 unspecified atom stereocenters. The van der Waals surface area contributed by atoms with E-state index in [2.05, 4.69) is 17.2 Å². The van der Waals surface area contributed by atoms with Gasteiger partial charge < -0.3 is 103 Å². The van der Waals surface area contributed by atoms with Gasteiger partial charge in [0.1, 0.15) is 90.9 Å². The van der Waals surface area contributed by atoms with Crippen LogP contribution in [0.25, 0.3) is 0 Å². The monoisotopic (exact) mass is 1200 g/mol. The van der Waals surface area contributed by atoms with Gasteiger partial charge in [-0.25, -0.2) is 8.42 Å². The van der Waals surface area contributed by atoms with Crippen molar-refractivity contribution in [3.8, 4) is 0 Å². The predicted octanol–water partition coefficient (Wildman–Crippen LogP) is -4.22. The molecule has 0 aromatic heterocycles. The van der Waals surface area contributed by atoms with Crippen LogP contribution in [0.4, 0.5) is 0 Å². The SMILES string of the molecule is CO[C@@H]1[C@@H](O)[C@H](O[C@@H]2[C@@H](O)[C@H](O[C@@H]3CO[C@@H](O[C@H]4[C@H](O[C@H]5CC[C@]6(C)[C@@H]7CC[C@]89C(=O)O[C@@](C)(/C=C\C=C(C)C)[C@@]8(O)[C@@H](OC(C)=O)C[C@@]9(C)C7=CC[C@H]6C5(C)C)OC[C@@H](OS(=O)(=O)[O-])[C@@H]4O)[C@H](O)[C@H]3O)OC[C@H]2O)O[C@H](CO)[C@H]1O.[Na+]. The zero-order chi connectivity index (χ0) is 59.3. The van der Waals surface area contributed by atoms with Gasteiger partial charge in [-0.15, -0.1) is 0 Å². The first kappa shape index (κ1) is 66.3. The second-order valence-electron chi connectivity index (χ2n) is 24.9. The van der Waals surface area contributed by atoms with Crippen LogP contribution < -0.4 is 29.6 Å². The largest absolute Gasteiger partial charge is 1.00 e. The Hall–Kier alpha value is -1.69. The molecule has 9 N–H and O–H groups in total. The van der Waals surface area contributed by atoms with Gasteiger partial charge in [0.15, 0.2) is 36.4 Å². The van der Waals surface area contributed by atoms with Gasteiger partial charge in [0.2, 0.25) is 10.4 Å². The number of carbonyl (C=O) groups excluding carboxylic acids is 2. The van der Waals surface area contributed by atoms with E-state index in [1.54, 1.807) is 19.1 Å². The standard InChI is InChI=1S/C54H82O26S.Na/c1-24(2)11-10-16-52(8)54(65)34(73-25(3)56)19-51(7)27-12-13-32-49(4,5)33(15-17-50(32,6)26(27)14-18-53(51,54)48(64)79-52)76-47-43(37(60)31(23-72-47)80-81(66,67)68)78-44-38(61)35(58)30(22-71-44)75-45-39(62)41(28(57)21-70-45)77-46-40(63)42(69-9)36(59)29(20-55)74-46;/h10-12,16,26,28-47,55,57-63,65H,13-15,17-23H2,1-9H3,(H,66,67,68);/q;+1/p-1/b16-10-;/t26-,28-,29-,30-,31-,32+,33+,34+,35+,36-,37+,38-,39-,40-,41+,42+,43-,44+,45+,46+,47+,50-,51+,52+,53-,54+;/m1./s1. The minimum absolute atomic E-state index is 0. The first-order valence-electron chi connectivity index (χ1n) is 27.7. The fourth-order valence-corrected chi connectivity index (χ4v) is 16.1. The molecule has 5 saturated heterocycles. The summed E-state index contributed by atoms with van der Waals surface area (Å²) in [6.45, 7) is 12.6. The van der Waals surface area contributed by atoms with E-state index in [4.69, 9.17) is 52.1 Å². The third-order valence-electron chi connectivity index (χ3n) is 19.7. The minimum atomic E-state index is -5.42. The summed E-state index contributed by atoms with van der Waals surface area (Å²) in [5.74, 6) is -1.36. The van der Waals surface area contributed by atoms with Crippen molar-refractivity contribution >= 4 is 22.3 Å². The van der Waals surface area contributed by atoms with Gasteiger partial charge in [-0.05, 0) is 88.0 Å². The number of ether oxygens (including phenoxy) is 11. The fraction of sp³-hybridized carbons (Fsp3) is 0.852. The van der Waals surface area contributed by atoms with Gasteiger partial charge >= 0.3 is 41.5 Å². The van der Waals surface area contributed by atoms with E-state index in [9.17, 15) is 68.5 Å². The van der Waals surface area contributed by atoms with E-state index in [-0.39, 0.29) is 54.2 Å². The average Bonchev–Trinajstić information content (AvgIpc) is 1.55. The van der Waals surface area contributed by atoms with E-state index in [0.717, 1.165) is 11.1 Å². The van der Waals surface area contributed by atoms with E-state index < -0.39 is 198 Å². The summed E-state index contributed by atoms with van der Waals surface area (Å²) in [6.07, 6.45) is -20.1. The molecule has 0 aromatic rings. The van der Waals surface area contributed by atoms with Crippen LogP contribution >= 0.6 is 0 Å². The van der Waals surface area contributed by atoms with Gasteiger partial charge in [0, 0.05) is 19.4 Å². The van der Waals surface area contributed by atoms with Crippen molar-refractivity contribution in [2.45, 2.75) is 222 Å². The van der Waals surface area contributed by atoms with E-state index in [1.807, 2.05) is 40.7 Å². The zero-order valence-corrected chi connectivity index (χ0v) is 50.7. The van der Waals surface area contributed by atoms with Gasteiger partial charge in [-0.2, -0.15) is 0 Å². The number of aliphatic hydroxyl groups is 9. The summed E-state index contributed by atoms with van der Waals surface area (Å²) in [6, 6.07) is 0. The summed E-state index contributed by atoms with van der Waals surface area (Å²) in [7, 11) is -4.22. The second-order valence-corrected chi connectivity index (χ2v) is 25.9. The Morgan fingerprint density at radius 2 is 1.40 bits per heavy atom. The van der Waals surface area contributed by atoms with Crippen LogP contribution in [0.3, 0.4) is 0 Å². The molecule has 0 radical (unpaired) electrons. The zero-order valence-electron chi connectivity index (χ0n) is 47.9. The molecule has 0 amide bonds. The van der Waals surface area contributed by atoms with Crippen LogP contribution in [-0.2, 0) is 76.3 Å². The average molecular weight is 1200 g/mol. The number of esters is 2. The van der Waals surface area contributed by atoms with Gasteiger partial charge in [0.25, 0.3) is 0 Å². The van der Waals surface area contributed by atoms with Crippen molar-refractivity contribution in [3.63, 3.8) is 0 Å². The molecule has 0 aromatic carbocycles. The Morgan fingerprint density at radius 3 is 2.05 bits per heavy atom. The van der Waals surface area contributed by atoms with Gasteiger partial charge in [-0.3, -0.25) is 13.8 Å². The maximum Gasteiger partial charge on any atom is 1.00 e. The summed E-state index contributed by atoms with van der Waals surface area (Å²) >= 11 is 0. The van der Waals surface area contributed by atoms with Crippen LogP contribution in [-0.4, -0.2) is 232 Å². The number of cyclic esters (lactones) is 1. The number of allylic oxidation sites excluding steroid dienone is 5. The molecule has 3 saturated carbocycles. The van der Waals surface area contributed by atoms with Crippen LogP contribution in [0.15, 0.2) is 35.5 Å². The number of aliphatic hydroxyl groups excluding tert-OH is 8. The minimum Gasteiger partial charge on any atom is -0.726 e. The van der Waals surface area contributed by atoms with E-state index >= 15 is 0 Å². The van der Waals surface area contributed by atoms with Crippen molar-refractivity contribution in [1.82, 2.24) is 0 Å². The number of carbonyl (C=O) groups is 2. The molecule has 9 aliphatic rings. The van der Waals surface area contributed by atoms with Crippen LogP contribution in [0.1, 0.15) is 93.9 Å². The molecule has 5 aliphatic heterocycles. The van der Waals surface area contributed by atoms with E-state index in [1.165, 1.54) is 14.0 Å². The topological polar surface area (TPSA) is 384 Å². The number of fused-ring (bicyclic) bond motifs is 4. The molecule has 0 bridgehead atoms. The predicted molar refractivity (Wildman–Crippen MR) is 271 cm³/mol. The summed E-state index contributed by atoms with van der Waals surface area (Å²) < 4.78 is 105. The van der Waals surface area contributed by atoms with Crippen molar-refractivity contribution in [2.75, 3.05) is 33.5 Å². The van der Waals surface area contributed by atoms with Crippen molar-refractivity contribution in [2.24, 2.45) is 33.5 Å². The first-order valence-corrected chi connectivity index (χ1v) is 29.0. The van der Waals surface area contributed by atoms with Crippen molar-refractivity contribution in [3.05, 3.63) is 35.5 Å². The molecule has 460 valence electrons. The molecule has 9 rings (SSSR count). The van der Waals surface area contributed by atoms with Crippen LogP contribution in [0, 0.1) is 33.5 Å². The summed E-state index contributed by atoms with van der Waals surface area (Å²) in [5, 5.41) is 101. The number of hydrogen-bond acceptors (Lipinski definition) is 26. The number of hydrogen-bond donors (Lipinski definition) is 9. The first-order chi connectivity index (χ1) is 37.8. The van der Waals surface area contributed by atoms with E-state index in [0.29, 0.717) is 25.7 Å². The molecule has 5 heterocycles. The van der Waals surface area contributed by atoms with Crippen molar-refractivity contribution < 1.29 is 154 Å². The maximum atomic E-state index is 14.7.